The molecule has 0 aliphatic rings. The van der Waals surface area contributed by atoms with Crippen molar-refractivity contribution >= 4 is 5.97 Å². The summed E-state index contributed by atoms with van der Waals surface area (Å²) in [5.41, 5.74) is 4.18. The Kier molecular flexibility index (Phi) is 12.0. The fraction of sp³-hybridized carbons (Fsp3) is 0.571. The zero-order chi connectivity index (χ0) is 22.3. The van der Waals surface area contributed by atoms with Crippen LogP contribution in [0.1, 0.15) is 108 Å². The van der Waals surface area contributed by atoms with Crippen LogP contribution in [0.25, 0.3) is 11.3 Å². The molecule has 1 heterocycles. The summed E-state index contributed by atoms with van der Waals surface area (Å²) in [4.78, 5) is 16.4. The molecular weight excluding hydrogens is 382 g/mol. The molecule has 0 aliphatic carbocycles. The molecule has 2 rings (SSSR count). The van der Waals surface area contributed by atoms with Crippen LogP contribution in [0.2, 0.25) is 0 Å². The van der Waals surface area contributed by atoms with Crippen LogP contribution >= 0.6 is 0 Å². The molecule has 0 spiro atoms. The van der Waals surface area contributed by atoms with Crippen LogP contribution in [0.3, 0.4) is 0 Å². The molecule has 1 N–H and O–H groups in total. The smallest absolute Gasteiger partial charge is 0.310 e. The Morgan fingerprint density at radius 3 is 2.00 bits per heavy atom. The summed E-state index contributed by atoms with van der Waals surface area (Å²) >= 11 is 0. The van der Waals surface area contributed by atoms with Crippen LogP contribution in [0.4, 0.5) is 0 Å². The maximum absolute atomic E-state index is 11.8. The SMILES string of the molecule is CCCCCCCCC(C(=O)O)c1ccc(-c2ccc(CCCCCCC)cn2)cc1. The summed E-state index contributed by atoms with van der Waals surface area (Å²) < 4.78 is 0. The molecule has 1 aromatic carbocycles. The number of carboxylic acid groups (broad SMARTS) is 1. The van der Waals surface area contributed by atoms with E-state index in [0.29, 0.717) is 6.42 Å². The number of unbranched alkanes of at least 4 members (excludes halogenated alkanes) is 9. The van der Waals surface area contributed by atoms with Crippen LogP contribution in [0, 0.1) is 0 Å². The Balaban J connectivity index is 1.88. The van der Waals surface area contributed by atoms with Gasteiger partial charge in [-0.3, -0.25) is 9.78 Å². The van der Waals surface area contributed by atoms with Gasteiger partial charge < -0.3 is 5.11 Å². The lowest BCUT2D eigenvalue weighted by Gasteiger charge is -2.13. The van der Waals surface area contributed by atoms with Crippen LogP contribution < -0.4 is 0 Å². The van der Waals surface area contributed by atoms with E-state index >= 15 is 0 Å². The maximum atomic E-state index is 11.8. The first-order valence-electron chi connectivity index (χ1n) is 12.4. The highest BCUT2D eigenvalue weighted by Crippen LogP contribution is 2.26. The monoisotopic (exact) mass is 423 g/mol. The topological polar surface area (TPSA) is 50.2 Å². The largest absolute Gasteiger partial charge is 0.481 e. The van der Waals surface area contributed by atoms with Gasteiger partial charge in [0.2, 0.25) is 0 Å². The lowest BCUT2D eigenvalue weighted by molar-refractivity contribution is -0.139. The van der Waals surface area contributed by atoms with Crippen LogP contribution in [0.5, 0.6) is 0 Å². The van der Waals surface area contributed by atoms with Crippen molar-refractivity contribution < 1.29 is 9.90 Å². The van der Waals surface area contributed by atoms with Crippen LogP contribution in [-0.4, -0.2) is 16.1 Å². The molecule has 1 aromatic heterocycles. The molecule has 0 bridgehead atoms. The number of aliphatic carboxylic acids is 1. The lowest BCUT2D eigenvalue weighted by Crippen LogP contribution is -2.11. The van der Waals surface area contributed by atoms with Gasteiger partial charge in [-0.25, -0.2) is 0 Å². The van der Waals surface area contributed by atoms with Gasteiger partial charge in [-0.15, -0.1) is 0 Å². The average molecular weight is 424 g/mol. The minimum absolute atomic E-state index is 0.414. The first kappa shape index (κ1) is 25.1. The van der Waals surface area contributed by atoms with Gasteiger partial charge in [0.1, 0.15) is 0 Å². The molecule has 0 fully saturated rings. The summed E-state index contributed by atoms with van der Waals surface area (Å²) in [7, 11) is 0. The van der Waals surface area contributed by atoms with Gasteiger partial charge in [0, 0.05) is 11.8 Å². The van der Waals surface area contributed by atoms with Crippen LogP contribution in [-0.2, 0) is 11.2 Å². The molecule has 1 atom stereocenters. The second-order valence-electron chi connectivity index (χ2n) is 8.79. The minimum atomic E-state index is -0.720. The second kappa shape index (κ2) is 14.8. The normalized spacial score (nSPS) is 12.1. The summed E-state index contributed by atoms with van der Waals surface area (Å²) in [6.45, 7) is 4.45. The summed E-state index contributed by atoms with van der Waals surface area (Å²) in [5.74, 6) is -1.13. The van der Waals surface area contributed by atoms with Crippen molar-refractivity contribution in [3.8, 4) is 11.3 Å². The number of hydrogen-bond donors (Lipinski definition) is 1. The number of benzene rings is 1. The van der Waals surface area contributed by atoms with E-state index in [1.807, 2.05) is 30.5 Å². The Hall–Kier alpha value is -2.16. The molecule has 170 valence electrons. The van der Waals surface area contributed by atoms with E-state index in [1.54, 1.807) is 0 Å². The van der Waals surface area contributed by atoms with Gasteiger partial charge in [-0.05, 0) is 36.5 Å². The quantitative estimate of drug-likeness (QED) is 0.277. The number of hydrogen-bond acceptors (Lipinski definition) is 2. The first-order valence-corrected chi connectivity index (χ1v) is 12.4. The summed E-state index contributed by atoms with van der Waals surface area (Å²) in [6, 6.07) is 12.2. The number of pyridine rings is 1. The number of nitrogens with zero attached hydrogens (tertiary/aromatic N) is 1. The molecule has 31 heavy (non-hydrogen) atoms. The van der Waals surface area contributed by atoms with Crippen molar-refractivity contribution in [2.45, 2.75) is 103 Å². The fourth-order valence-corrected chi connectivity index (χ4v) is 4.12. The first-order chi connectivity index (χ1) is 15.2. The van der Waals surface area contributed by atoms with Gasteiger partial charge in [0.15, 0.2) is 0 Å². The molecular formula is C28H41NO2. The van der Waals surface area contributed by atoms with Crippen molar-refractivity contribution in [1.82, 2.24) is 4.98 Å². The van der Waals surface area contributed by atoms with E-state index in [-0.39, 0.29) is 0 Å². The molecule has 3 heteroatoms. The van der Waals surface area contributed by atoms with Crippen molar-refractivity contribution in [3.05, 3.63) is 53.7 Å². The van der Waals surface area contributed by atoms with E-state index < -0.39 is 11.9 Å². The molecule has 2 aromatic rings. The molecule has 0 saturated carbocycles. The number of carbonyl (C=O) groups is 1. The van der Waals surface area contributed by atoms with E-state index in [1.165, 1.54) is 63.4 Å². The molecule has 0 radical (unpaired) electrons. The van der Waals surface area contributed by atoms with Gasteiger partial charge in [0.25, 0.3) is 0 Å². The standard InChI is InChI=1S/C28H41NO2/c1-3-5-7-9-11-13-15-26(28(30)31)24-17-19-25(20-18-24)27-21-16-23(22-29-27)14-12-10-8-6-4-2/h16-22,26H,3-15H2,1-2H3,(H,30,31). The summed E-state index contributed by atoms with van der Waals surface area (Å²) in [6.07, 6.45) is 17.3. The Bertz CT molecular complexity index is 737. The van der Waals surface area contributed by atoms with E-state index in [2.05, 4.69) is 31.0 Å². The van der Waals surface area contributed by atoms with Crippen molar-refractivity contribution in [2.24, 2.45) is 0 Å². The Morgan fingerprint density at radius 2 is 1.42 bits per heavy atom. The fourth-order valence-electron chi connectivity index (χ4n) is 4.12. The third kappa shape index (κ3) is 9.25. The van der Waals surface area contributed by atoms with Gasteiger partial charge in [-0.2, -0.15) is 0 Å². The van der Waals surface area contributed by atoms with E-state index in [4.69, 9.17) is 0 Å². The molecule has 1 unspecified atom stereocenters. The number of aryl methyl sites for hydroxylation is 1. The second-order valence-corrected chi connectivity index (χ2v) is 8.79. The number of rotatable bonds is 16. The highest BCUT2D eigenvalue weighted by molar-refractivity contribution is 5.76. The third-order valence-corrected chi connectivity index (χ3v) is 6.15. The molecule has 0 amide bonds. The minimum Gasteiger partial charge on any atom is -0.481 e. The van der Waals surface area contributed by atoms with Gasteiger partial charge in [-0.1, -0.05) is 108 Å². The predicted octanol–water partition coefficient (Wildman–Crippen LogP) is 8.18. The van der Waals surface area contributed by atoms with Crippen LogP contribution in [0.15, 0.2) is 42.6 Å². The molecule has 3 nitrogen and oxygen atoms in total. The predicted molar refractivity (Wildman–Crippen MR) is 131 cm³/mol. The third-order valence-electron chi connectivity index (χ3n) is 6.15. The highest BCUT2D eigenvalue weighted by atomic mass is 16.4. The van der Waals surface area contributed by atoms with Gasteiger partial charge >= 0.3 is 5.97 Å². The Labute approximate surface area is 189 Å². The number of aromatic nitrogens is 1. The summed E-state index contributed by atoms with van der Waals surface area (Å²) in [5, 5.41) is 9.69. The maximum Gasteiger partial charge on any atom is 0.310 e. The molecule has 0 saturated heterocycles. The molecule has 0 aliphatic heterocycles. The van der Waals surface area contributed by atoms with E-state index in [0.717, 1.165) is 36.1 Å². The van der Waals surface area contributed by atoms with Crippen molar-refractivity contribution in [2.75, 3.05) is 0 Å². The number of carboxylic acids is 1. The highest BCUT2D eigenvalue weighted by Gasteiger charge is 2.19. The Morgan fingerprint density at radius 1 is 0.806 bits per heavy atom. The van der Waals surface area contributed by atoms with Gasteiger partial charge in [0.05, 0.1) is 11.6 Å². The zero-order valence-corrected chi connectivity index (χ0v) is 19.6. The average Bonchev–Trinajstić information content (AvgIpc) is 2.79. The zero-order valence-electron chi connectivity index (χ0n) is 19.6. The van der Waals surface area contributed by atoms with E-state index in [9.17, 15) is 9.90 Å². The van der Waals surface area contributed by atoms with Crippen molar-refractivity contribution in [3.63, 3.8) is 0 Å². The lowest BCUT2D eigenvalue weighted by atomic mass is 9.92. The van der Waals surface area contributed by atoms with Crippen molar-refractivity contribution in [1.29, 1.82) is 0 Å².